The van der Waals surface area contributed by atoms with Crippen molar-refractivity contribution in [3.8, 4) is 0 Å². The zero-order valence-corrected chi connectivity index (χ0v) is 15.1. The highest BCUT2D eigenvalue weighted by molar-refractivity contribution is 7.89. The van der Waals surface area contributed by atoms with Gasteiger partial charge in [-0.1, -0.05) is 11.6 Å². The second-order valence-electron chi connectivity index (χ2n) is 5.93. The number of nitrogens with one attached hydrogen (secondary N) is 1. The molecule has 1 aliphatic rings. The van der Waals surface area contributed by atoms with Crippen molar-refractivity contribution in [2.75, 3.05) is 13.1 Å². The number of sulfonamides is 1. The normalized spacial score (nSPS) is 16.7. The van der Waals surface area contributed by atoms with E-state index in [0.717, 1.165) is 0 Å². The SMILES string of the molecule is O=C(NCc1ccco1)C1CCN(S(=O)(=O)c2ccc(Cl)cc2)CC1. The molecule has 0 bridgehead atoms. The average molecular weight is 383 g/mol. The van der Waals surface area contributed by atoms with Crippen molar-refractivity contribution in [1.82, 2.24) is 9.62 Å². The molecular weight excluding hydrogens is 364 g/mol. The van der Waals surface area contributed by atoms with Crippen LogP contribution in [0.25, 0.3) is 0 Å². The van der Waals surface area contributed by atoms with Crippen molar-refractivity contribution in [3.05, 3.63) is 53.4 Å². The molecule has 1 aromatic heterocycles. The number of carbonyl (C=O) groups excluding carboxylic acids is 1. The zero-order valence-electron chi connectivity index (χ0n) is 13.5. The number of nitrogens with zero attached hydrogens (tertiary/aromatic N) is 1. The van der Waals surface area contributed by atoms with Gasteiger partial charge in [-0.3, -0.25) is 4.79 Å². The molecule has 1 N–H and O–H groups in total. The molecule has 0 unspecified atom stereocenters. The number of piperidine rings is 1. The highest BCUT2D eigenvalue weighted by atomic mass is 35.5. The number of rotatable bonds is 5. The predicted molar refractivity (Wildman–Crippen MR) is 93.5 cm³/mol. The lowest BCUT2D eigenvalue weighted by atomic mass is 9.97. The van der Waals surface area contributed by atoms with Crippen LogP contribution in [0, 0.1) is 5.92 Å². The van der Waals surface area contributed by atoms with Gasteiger partial charge in [0.25, 0.3) is 0 Å². The standard InChI is InChI=1S/C17H19ClN2O4S/c18-14-3-5-16(6-4-14)25(22,23)20-9-7-13(8-10-20)17(21)19-12-15-2-1-11-24-15/h1-6,11,13H,7-10,12H2,(H,19,21). The van der Waals surface area contributed by atoms with Gasteiger partial charge in [0, 0.05) is 24.0 Å². The van der Waals surface area contributed by atoms with Crippen molar-refractivity contribution in [2.45, 2.75) is 24.3 Å². The molecule has 0 spiro atoms. The fourth-order valence-corrected chi connectivity index (χ4v) is 4.44. The van der Waals surface area contributed by atoms with Gasteiger partial charge in [-0.25, -0.2) is 8.42 Å². The van der Waals surface area contributed by atoms with Crippen molar-refractivity contribution in [3.63, 3.8) is 0 Å². The molecule has 2 heterocycles. The summed E-state index contributed by atoms with van der Waals surface area (Å²) in [4.78, 5) is 12.4. The minimum absolute atomic E-state index is 0.0695. The first kappa shape index (κ1) is 18.0. The van der Waals surface area contributed by atoms with Crippen LogP contribution in [-0.2, 0) is 21.4 Å². The lowest BCUT2D eigenvalue weighted by Gasteiger charge is -2.30. The average Bonchev–Trinajstić information content (AvgIpc) is 3.14. The number of amides is 1. The van der Waals surface area contributed by atoms with Crippen molar-refractivity contribution < 1.29 is 17.6 Å². The third-order valence-corrected chi connectivity index (χ3v) is 6.46. The van der Waals surface area contributed by atoms with Crippen LogP contribution in [0.4, 0.5) is 0 Å². The number of carbonyl (C=O) groups is 1. The molecule has 0 atom stereocenters. The fraction of sp³-hybridized carbons (Fsp3) is 0.353. The summed E-state index contributed by atoms with van der Waals surface area (Å²) in [5.41, 5.74) is 0. The molecule has 1 amide bonds. The molecule has 134 valence electrons. The molecule has 1 aliphatic heterocycles. The van der Waals surface area contributed by atoms with Crippen molar-refractivity contribution in [1.29, 1.82) is 0 Å². The number of hydrogen-bond donors (Lipinski definition) is 1. The van der Waals surface area contributed by atoms with E-state index in [9.17, 15) is 13.2 Å². The van der Waals surface area contributed by atoms with E-state index >= 15 is 0 Å². The van der Waals surface area contributed by atoms with Crippen LogP contribution in [0.3, 0.4) is 0 Å². The molecular formula is C17H19ClN2O4S. The Morgan fingerprint density at radius 2 is 1.88 bits per heavy atom. The first-order valence-electron chi connectivity index (χ1n) is 8.02. The van der Waals surface area contributed by atoms with Crippen LogP contribution >= 0.6 is 11.6 Å². The fourth-order valence-electron chi connectivity index (χ4n) is 2.85. The summed E-state index contributed by atoms with van der Waals surface area (Å²) < 4.78 is 31.9. The van der Waals surface area contributed by atoms with E-state index in [-0.39, 0.29) is 16.7 Å². The highest BCUT2D eigenvalue weighted by Crippen LogP contribution is 2.25. The minimum atomic E-state index is -3.55. The Bertz CT molecular complexity index is 811. The number of furan rings is 1. The second-order valence-corrected chi connectivity index (χ2v) is 8.30. The minimum Gasteiger partial charge on any atom is -0.467 e. The smallest absolute Gasteiger partial charge is 0.243 e. The van der Waals surface area contributed by atoms with Gasteiger partial charge in [0.05, 0.1) is 17.7 Å². The summed E-state index contributed by atoms with van der Waals surface area (Å²) >= 11 is 5.81. The van der Waals surface area contributed by atoms with E-state index in [4.69, 9.17) is 16.0 Å². The van der Waals surface area contributed by atoms with E-state index in [1.54, 1.807) is 30.5 Å². The maximum atomic E-state index is 12.6. The number of hydrogen-bond acceptors (Lipinski definition) is 4. The molecule has 6 nitrogen and oxygen atoms in total. The van der Waals surface area contributed by atoms with Gasteiger partial charge in [0.15, 0.2) is 0 Å². The molecule has 25 heavy (non-hydrogen) atoms. The Balaban J connectivity index is 1.55. The lowest BCUT2D eigenvalue weighted by Crippen LogP contribution is -2.42. The molecule has 8 heteroatoms. The third kappa shape index (κ3) is 4.23. The van der Waals surface area contributed by atoms with Crippen LogP contribution < -0.4 is 5.32 Å². The largest absolute Gasteiger partial charge is 0.467 e. The Morgan fingerprint density at radius 3 is 2.48 bits per heavy atom. The molecule has 3 rings (SSSR count). The first-order valence-corrected chi connectivity index (χ1v) is 9.84. The van der Waals surface area contributed by atoms with Gasteiger partial charge in [-0.2, -0.15) is 4.31 Å². The molecule has 0 radical (unpaired) electrons. The Morgan fingerprint density at radius 1 is 1.20 bits per heavy atom. The maximum Gasteiger partial charge on any atom is 0.243 e. The molecule has 0 aliphatic carbocycles. The topological polar surface area (TPSA) is 79.6 Å². The summed E-state index contributed by atoms with van der Waals surface area (Å²) in [5, 5.41) is 3.32. The third-order valence-electron chi connectivity index (χ3n) is 4.29. The van der Waals surface area contributed by atoms with Crippen LogP contribution in [0.5, 0.6) is 0 Å². The lowest BCUT2D eigenvalue weighted by molar-refractivity contribution is -0.126. The van der Waals surface area contributed by atoms with Gasteiger partial charge in [0.2, 0.25) is 15.9 Å². The summed E-state index contributed by atoms with van der Waals surface area (Å²) in [5.74, 6) is 0.433. The summed E-state index contributed by atoms with van der Waals surface area (Å²) in [7, 11) is -3.55. The molecule has 2 aromatic rings. The van der Waals surface area contributed by atoms with E-state index in [1.165, 1.54) is 16.4 Å². The molecule has 1 saturated heterocycles. The highest BCUT2D eigenvalue weighted by Gasteiger charge is 2.32. The monoisotopic (exact) mass is 382 g/mol. The van der Waals surface area contributed by atoms with Gasteiger partial charge < -0.3 is 9.73 Å². The first-order chi connectivity index (χ1) is 12.0. The second kappa shape index (κ2) is 7.59. The van der Waals surface area contributed by atoms with E-state index < -0.39 is 10.0 Å². The van der Waals surface area contributed by atoms with Crippen molar-refractivity contribution in [2.24, 2.45) is 5.92 Å². The Labute approximate surface area is 151 Å². The van der Waals surface area contributed by atoms with E-state index in [2.05, 4.69) is 5.32 Å². The Hall–Kier alpha value is -1.83. The summed E-state index contributed by atoms with van der Waals surface area (Å²) in [6, 6.07) is 9.68. The van der Waals surface area contributed by atoms with Gasteiger partial charge in [0.1, 0.15) is 5.76 Å². The molecule has 1 fully saturated rings. The predicted octanol–water partition coefficient (Wildman–Crippen LogP) is 2.65. The van der Waals surface area contributed by atoms with Crippen LogP contribution in [0.2, 0.25) is 5.02 Å². The summed E-state index contributed by atoms with van der Waals surface area (Å²) in [6.45, 7) is 0.989. The Kier molecular flexibility index (Phi) is 5.46. The maximum absolute atomic E-state index is 12.6. The van der Waals surface area contributed by atoms with Gasteiger partial charge >= 0.3 is 0 Å². The molecule has 0 saturated carbocycles. The van der Waals surface area contributed by atoms with Crippen LogP contribution in [0.1, 0.15) is 18.6 Å². The van der Waals surface area contributed by atoms with Gasteiger partial charge in [-0.05, 0) is 49.2 Å². The van der Waals surface area contributed by atoms with Crippen LogP contribution in [0.15, 0.2) is 52.0 Å². The van der Waals surface area contributed by atoms with Crippen LogP contribution in [-0.4, -0.2) is 31.7 Å². The quantitative estimate of drug-likeness (QED) is 0.862. The number of benzene rings is 1. The zero-order chi connectivity index (χ0) is 17.9. The van der Waals surface area contributed by atoms with E-state index in [0.29, 0.717) is 43.3 Å². The van der Waals surface area contributed by atoms with Gasteiger partial charge in [-0.15, -0.1) is 0 Å². The molecule has 1 aromatic carbocycles. The van der Waals surface area contributed by atoms with E-state index in [1.807, 2.05) is 0 Å². The van der Waals surface area contributed by atoms with Crippen molar-refractivity contribution >= 4 is 27.5 Å². The number of halogens is 1. The summed E-state index contributed by atoms with van der Waals surface area (Å²) in [6.07, 6.45) is 2.55.